The number of carboxylic acid groups (broad SMARTS) is 1. The highest BCUT2D eigenvalue weighted by atomic mass is 35.5. The molecule has 0 bridgehead atoms. The van der Waals surface area contributed by atoms with E-state index in [0.717, 1.165) is 31.0 Å². The quantitative estimate of drug-likeness (QED) is 0.924. The lowest BCUT2D eigenvalue weighted by molar-refractivity contribution is -0.150. The number of aromatic nitrogens is 2. The molecule has 0 aromatic carbocycles. The van der Waals surface area contributed by atoms with Crippen molar-refractivity contribution in [3.05, 3.63) is 16.4 Å². The second kappa shape index (κ2) is 5.13. The standard InChI is InChI=1S/C13H20ClN3O2/c1-9-11(14)10(16(3)15-9)8-17-6-4-13(2,5-7-17)12(18)19/h4-8H2,1-3H3,(H,18,19). The van der Waals surface area contributed by atoms with Gasteiger partial charge in [-0.1, -0.05) is 11.6 Å². The van der Waals surface area contributed by atoms with Gasteiger partial charge in [0.1, 0.15) is 0 Å². The topological polar surface area (TPSA) is 58.4 Å². The molecule has 106 valence electrons. The molecule has 1 aliphatic rings. The van der Waals surface area contributed by atoms with Gasteiger partial charge >= 0.3 is 5.97 Å². The first-order valence-electron chi connectivity index (χ1n) is 6.47. The van der Waals surface area contributed by atoms with Crippen LogP contribution in [0.1, 0.15) is 31.2 Å². The van der Waals surface area contributed by atoms with E-state index >= 15 is 0 Å². The lowest BCUT2D eigenvalue weighted by Crippen LogP contribution is -2.42. The van der Waals surface area contributed by atoms with Crippen molar-refractivity contribution in [2.75, 3.05) is 13.1 Å². The molecular formula is C13H20ClN3O2. The number of aryl methyl sites for hydroxylation is 2. The fraction of sp³-hybridized carbons (Fsp3) is 0.692. The SMILES string of the molecule is Cc1nn(C)c(CN2CCC(C)(C(=O)O)CC2)c1Cl. The summed E-state index contributed by atoms with van der Waals surface area (Å²) < 4.78 is 1.81. The van der Waals surface area contributed by atoms with Gasteiger partial charge in [-0.3, -0.25) is 14.4 Å². The molecule has 0 atom stereocenters. The number of piperidine rings is 1. The zero-order valence-corrected chi connectivity index (χ0v) is 12.4. The van der Waals surface area contributed by atoms with Gasteiger partial charge in [0.25, 0.3) is 0 Å². The molecule has 1 N–H and O–H groups in total. The Hall–Kier alpha value is -1.07. The van der Waals surface area contributed by atoms with E-state index in [9.17, 15) is 9.90 Å². The molecular weight excluding hydrogens is 266 g/mol. The summed E-state index contributed by atoms with van der Waals surface area (Å²) in [6.45, 7) is 6.01. The van der Waals surface area contributed by atoms with E-state index in [1.165, 1.54) is 0 Å². The summed E-state index contributed by atoms with van der Waals surface area (Å²) in [6, 6.07) is 0. The van der Waals surface area contributed by atoms with Crippen LogP contribution in [0.4, 0.5) is 0 Å². The van der Waals surface area contributed by atoms with Gasteiger partial charge in [0, 0.05) is 13.6 Å². The summed E-state index contributed by atoms with van der Waals surface area (Å²) in [5.74, 6) is -0.693. The normalized spacial score (nSPS) is 19.6. The molecule has 1 aliphatic heterocycles. The summed E-state index contributed by atoms with van der Waals surface area (Å²) in [4.78, 5) is 13.4. The van der Waals surface area contributed by atoms with Crippen LogP contribution in [0, 0.1) is 12.3 Å². The van der Waals surface area contributed by atoms with Crippen LogP contribution in [0.15, 0.2) is 0 Å². The largest absolute Gasteiger partial charge is 0.481 e. The molecule has 0 unspecified atom stereocenters. The summed E-state index contributed by atoms with van der Waals surface area (Å²) >= 11 is 6.24. The number of aliphatic carboxylic acids is 1. The Kier molecular flexibility index (Phi) is 3.87. The van der Waals surface area contributed by atoms with Crippen LogP contribution in [0.3, 0.4) is 0 Å². The third kappa shape index (κ3) is 2.77. The zero-order valence-electron chi connectivity index (χ0n) is 11.6. The van der Waals surface area contributed by atoms with Crippen LogP contribution in [-0.2, 0) is 18.4 Å². The highest BCUT2D eigenvalue weighted by molar-refractivity contribution is 6.31. The number of nitrogens with zero attached hydrogens (tertiary/aromatic N) is 3. The minimum Gasteiger partial charge on any atom is -0.481 e. The van der Waals surface area contributed by atoms with Crippen molar-refractivity contribution in [2.24, 2.45) is 12.5 Å². The predicted molar refractivity (Wildman–Crippen MR) is 73.2 cm³/mol. The van der Waals surface area contributed by atoms with Crippen molar-refractivity contribution in [3.63, 3.8) is 0 Å². The van der Waals surface area contributed by atoms with Gasteiger partial charge in [0.2, 0.25) is 0 Å². The number of halogens is 1. The van der Waals surface area contributed by atoms with E-state index in [2.05, 4.69) is 10.00 Å². The Balaban J connectivity index is 2.02. The number of rotatable bonds is 3. The Bertz CT molecular complexity index is 490. The van der Waals surface area contributed by atoms with E-state index in [1.807, 2.05) is 25.6 Å². The van der Waals surface area contributed by atoms with Crippen molar-refractivity contribution >= 4 is 17.6 Å². The molecule has 0 aliphatic carbocycles. The molecule has 0 saturated carbocycles. The van der Waals surface area contributed by atoms with E-state index in [-0.39, 0.29) is 0 Å². The second-order valence-corrected chi connectivity index (χ2v) is 5.99. The van der Waals surface area contributed by atoms with Gasteiger partial charge in [-0.05, 0) is 39.8 Å². The highest BCUT2D eigenvalue weighted by Crippen LogP contribution is 2.32. The average Bonchev–Trinajstić information content (AvgIpc) is 2.58. The fourth-order valence-corrected chi connectivity index (χ4v) is 2.70. The van der Waals surface area contributed by atoms with Crippen LogP contribution < -0.4 is 0 Å². The number of hydrogen-bond acceptors (Lipinski definition) is 3. The van der Waals surface area contributed by atoms with Gasteiger partial charge in [-0.25, -0.2) is 0 Å². The Morgan fingerprint density at radius 3 is 2.47 bits per heavy atom. The Morgan fingerprint density at radius 1 is 1.47 bits per heavy atom. The predicted octanol–water partition coefficient (Wildman–Crippen LogP) is 2.07. The molecule has 0 amide bonds. The first-order valence-corrected chi connectivity index (χ1v) is 6.85. The summed E-state index contributed by atoms with van der Waals surface area (Å²) in [7, 11) is 1.89. The molecule has 1 aromatic rings. The summed E-state index contributed by atoms with van der Waals surface area (Å²) in [5.41, 5.74) is 1.26. The van der Waals surface area contributed by atoms with Crippen LogP contribution in [-0.4, -0.2) is 38.8 Å². The van der Waals surface area contributed by atoms with E-state index in [4.69, 9.17) is 11.6 Å². The van der Waals surface area contributed by atoms with Gasteiger partial charge in [-0.15, -0.1) is 0 Å². The molecule has 1 saturated heterocycles. The molecule has 5 nitrogen and oxygen atoms in total. The van der Waals surface area contributed by atoms with Crippen LogP contribution in [0.5, 0.6) is 0 Å². The van der Waals surface area contributed by atoms with Gasteiger partial charge < -0.3 is 5.11 Å². The third-order valence-electron chi connectivity index (χ3n) is 4.11. The lowest BCUT2D eigenvalue weighted by atomic mass is 9.80. The van der Waals surface area contributed by atoms with E-state index in [0.29, 0.717) is 17.9 Å². The Labute approximate surface area is 118 Å². The van der Waals surface area contributed by atoms with Crippen molar-refractivity contribution in [1.29, 1.82) is 0 Å². The highest BCUT2D eigenvalue weighted by Gasteiger charge is 2.37. The minimum absolute atomic E-state index is 0.581. The third-order valence-corrected chi connectivity index (χ3v) is 4.60. The molecule has 1 fully saturated rings. The van der Waals surface area contributed by atoms with Crippen molar-refractivity contribution in [3.8, 4) is 0 Å². The summed E-state index contributed by atoms with van der Waals surface area (Å²) in [5, 5.41) is 14.2. The van der Waals surface area contributed by atoms with Crippen LogP contribution in [0.25, 0.3) is 0 Å². The minimum atomic E-state index is -0.693. The van der Waals surface area contributed by atoms with Crippen LogP contribution in [0.2, 0.25) is 5.02 Å². The number of likely N-dealkylation sites (tertiary alicyclic amines) is 1. The van der Waals surface area contributed by atoms with Crippen molar-refractivity contribution in [1.82, 2.24) is 14.7 Å². The summed E-state index contributed by atoms with van der Waals surface area (Å²) in [6.07, 6.45) is 1.35. The molecule has 19 heavy (non-hydrogen) atoms. The molecule has 6 heteroatoms. The average molecular weight is 286 g/mol. The fourth-order valence-electron chi connectivity index (χ4n) is 2.48. The van der Waals surface area contributed by atoms with Crippen molar-refractivity contribution < 1.29 is 9.90 Å². The molecule has 2 heterocycles. The van der Waals surface area contributed by atoms with E-state index < -0.39 is 11.4 Å². The lowest BCUT2D eigenvalue weighted by Gasteiger charge is -2.36. The second-order valence-electron chi connectivity index (χ2n) is 5.61. The van der Waals surface area contributed by atoms with Gasteiger partial charge in [0.05, 0.1) is 21.8 Å². The monoisotopic (exact) mass is 285 g/mol. The van der Waals surface area contributed by atoms with Gasteiger partial charge in [0.15, 0.2) is 0 Å². The zero-order chi connectivity index (χ0) is 14.2. The van der Waals surface area contributed by atoms with Crippen molar-refractivity contribution in [2.45, 2.75) is 33.2 Å². The smallest absolute Gasteiger partial charge is 0.309 e. The molecule has 0 radical (unpaired) electrons. The molecule has 2 rings (SSSR count). The Morgan fingerprint density at radius 2 is 2.05 bits per heavy atom. The maximum atomic E-state index is 11.2. The first kappa shape index (κ1) is 14.3. The first-order chi connectivity index (χ1) is 8.83. The number of carbonyl (C=O) groups is 1. The molecule has 1 aromatic heterocycles. The van der Waals surface area contributed by atoms with Gasteiger partial charge in [-0.2, -0.15) is 5.10 Å². The number of carboxylic acids is 1. The maximum absolute atomic E-state index is 11.2. The van der Waals surface area contributed by atoms with Crippen LogP contribution >= 0.6 is 11.6 Å². The number of hydrogen-bond donors (Lipinski definition) is 1. The molecule has 0 spiro atoms. The maximum Gasteiger partial charge on any atom is 0.309 e. The van der Waals surface area contributed by atoms with E-state index in [1.54, 1.807) is 0 Å².